The van der Waals surface area contributed by atoms with Crippen molar-refractivity contribution in [1.82, 2.24) is 0 Å². The fourth-order valence-electron chi connectivity index (χ4n) is 1.92. The van der Waals surface area contributed by atoms with Gasteiger partial charge >= 0.3 is 0 Å². The predicted octanol–water partition coefficient (Wildman–Crippen LogP) is 2.47. The van der Waals surface area contributed by atoms with E-state index < -0.39 is 5.84 Å². The summed E-state index contributed by atoms with van der Waals surface area (Å²) in [5.74, 6) is -0.696. The fraction of sp³-hybridized carbons (Fsp3) is 0.0588. The number of amides is 1. The first-order valence-electron chi connectivity index (χ1n) is 7.06. The lowest BCUT2D eigenvalue weighted by Crippen LogP contribution is -2.21. The molecule has 0 radical (unpaired) electrons. The van der Waals surface area contributed by atoms with Crippen LogP contribution in [0, 0.1) is 23.7 Å². The SMILES string of the molecule is Cc1cccc(NC(=O)c2cccc(N/N=C(\C#N)C(=N)N)c2)c1. The molecule has 0 atom stereocenters. The number of amidine groups is 1. The summed E-state index contributed by atoms with van der Waals surface area (Å²) in [7, 11) is 0. The van der Waals surface area contributed by atoms with Crippen LogP contribution in [0.1, 0.15) is 15.9 Å². The van der Waals surface area contributed by atoms with Crippen LogP contribution in [-0.4, -0.2) is 17.5 Å². The Labute approximate surface area is 139 Å². The number of nitriles is 1. The third-order valence-corrected chi connectivity index (χ3v) is 3.06. The van der Waals surface area contributed by atoms with Gasteiger partial charge in [0.05, 0.1) is 5.69 Å². The smallest absolute Gasteiger partial charge is 0.255 e. The van der Waals surface area contributed by atoms with Crippen LogP contribution in [0.2, 0.25) is 0 Å². The Morgan fingerprint density at radius 1 is 1.21 bits per heavy atom. The van der Waals surface area contributed by atoms with E-state index >= 15 is 0 Å². The van der Waals surface area contributed by atoms with Crippen molar-refractivity contribution in [3.8, 4) is 6.07 Å². The van der Waals surface area contributed by atoms with Crippen LogP contribution in [0.5, 0.6) is 0 Å². The Balaban J connectivity index is 2.14. The predicted molar refractivity (Wildman–Crippen MR) is 94.2 cm³/mol. The third kappa shape index (κ3) is 4.42. The molecule has 0 unspecified atom stereocenters. The maximum atomic E-state index is 12.3. The van der Waals surface area contributed by atoms with Gasteiger partial charge in [-0.25, -0.2) is 0 Å². The van der Waals surface area contributed by atoms with Gasteiger partial charge in [0.2, 0.25) is 5.71 Å². The number of nitrogens with one attached hydrogen (secondary N) is 3. The van der Waals surface area contributed by atoms with Gasteiger partial charge in [0.25, 0.3) is 5.91 Å². The summed E-state index contributed by atoms with van der Waals surface area (Å²) < 4.78 is 0. The Kier molecular flexibility index (Phi) is 5.26. The molecule has 5 N–H and O–H groups in total. The normalized spacial score (nSPS) is 10.6. The van der Waals surface area contributed by atoms with Crippen LogP contribution in [-0.2, 0) is 0 Å². The monoisotopic (exact) mass is 320 g/mol. The van der Waals surface area contributed by atoms with Crippen molar-refractivity contribution in [3.63, 3.8) is 0 Å². The molecular formula is C17H16N6O. The number of nitrogens with two attached hydrogens (primary N) is 1. The third-order valence-electron chi connectivity index (χ3n) is 3.06. The number of rotatable bonds is 5. The van der Waals surface area contributed by atoms with Gasteiger partial charge in [-0.1, -0.05) is 18.2 Å². The van der Waals surface area contributed by atoms with Crippen molar-refractivity contribution < 1.29 is 4.79 Å². The number of nitrogens with zero attached hydrogens (tertiary/aromatic N) is 2. The van der Waals surface area contributed by atoms with E-state index in [0.29, 0.717) is 16.9 Å². The average molecular weight is 320 g/mol. The minimum absolute atomic E-state index is 0.232. The minimum atomic E-state index is -0.432. The number of carbonyl (C=O) groups is 1. The number of hydrogen-bond acceptors (Lipinski definition) is 5. The molecule has 0 heterocycles. The summed E-state index contributed by atoms with van der Waals surface area (Å²) in [4.78, 5) is 12.3. The van der Waals surface area contributed by atoms with E-state index in [-0.39, 0.29) is 11.6 Å². The fourth-order valence-corrected chi connectivity index (χ4v) is 1.92. The number of aryl methyl sites for hydroxylation is 1. The van der Waals surface area contributed by atoms with Crippen molar-refractivity contribution >= 4 is 28.8 Å². The second-order valence-electron chi connectivity index (χ2n) is 5.00. The molecule has 24 heavy (non-hydrogen) atoms. The molecule has 0 aliphatic rings. The number of hydrazone groups is 1. The Morgan fingerprint density at radius 2 is 1.92 bits per heavy atom. The van der Waals surface area contributed by atoms with E-state index in [0.717, 1.165) is 5.56 Å². The number of carbonyl (C=O) groups excluding carboxylic acids is 1. The van der Waals surface area contributed by atoms with E-state index in [9.17, 15) is 4.79 Å². The zero-order chi connectivity index (χ0) is 17.5. The summed E-state index contributed by atoms with van der Waals surface area (Å²) in [5.41, 5.74) is 10.3. The molecule has 1 amide bonds. The van der Waals surface area contributed by atoms with Gasteiger partial charge in [-0.15, -0.1) is 0 Å². The topological polar surface area (TPSA) is 127 Å². The quantitative estimate of drug-likeness (QED) is 0.383. The van der Waals surface area contributed by atoms with E-state index in [4.69, 9.17) is 16.4 Å². The lowest BCUT2D eigenvalue weighted by molar-refractivity contribution is 0.102. The van der Waals surface area contributed by atoms with Crippen LogP contribution >= 0.6 is 0 Å². The molecule has 0 bridgehead atoms. The highest BCUT2D eigenvalue weighted by molar-refractivity contribution is 6.45. The van der Waals surface area contributed by atoms with Gasteiger partial charge in [-0.2, -0.15) is 10.4 Å². The highest BCUT2D eigenvalue weighted by Gasteiger charge is 2.07. The van der Waals surface area contributed by atoms with E-state index in [1.165, 1.54) is 0 Å². The first-order chi connectivity index (χ1) is 11.5. The second-order valence-corrected chi connectivity index (χ2v) is 5.00. The lowest BCUT2D eigenvalue weighted by Gasteiger charge is -2.07. The zero-order valence-corrected chi connectivity index (χ0v) is 13.0. The van der Waals surface area contributed by atoms with Crippen molar-refractivity contribution in [2.75, 3.05) is 10.7 Å². The molecule has 2 aromatic carbocycles. The largest absolute Gasteiger partial charge is 0.382 e. The van der Waals surface area contributed by atoms with Gasteiger partial charge in [0.15, 0.2) is 5.84 Å². The summed E-state index contributed by atoms with van der Waals surface area (Å²) in [5, 5.41) is 22.5. The molecule has 120 valence electrons. The van der Waals surface area contributed by atoms with Crippen molar-refractivity contribution in [3.05, 3.63) is 59.7 Å². The molecule has 0 saturated carbocycles. The van der Waals surface area contributed by atoms with Crippen LogP contribution in [0.3, 0.4) is 0 Å². The second kappa shape index (κ2) is 7.56. The van der Waals surface area contributed by atoms with Crippen LogP contribution in [0.15, 0.2) is 53.6 Å². The molecule has 2 aromatic rings. The van der Waals surface area contributed by atoms with Crippen LogP contribution in [0.25, 0.3) is 0 Å². The van der Waals surface area contributed by atoms with Gasteiger partial charge in [-0.3, -0.25) is 15.6 Å². The maximum absolute atomic E-state index is 12.3. The summed E-state index contributed by atoms with van der Waals surface area (Å²) >= 11 is 0. The number of hydrogen-bond donors (Lipinski definition) is 4. The summed E-state index contributed by atoms with van der Waals surface area (Å²) in [6, 6.07) is 15.8. The van der Waals surface area contributed by atoms with E-state index in [1.807, 2.05) is 31.2 Å². The van der Waals surface area contributed by atoms with Gasteiger partial charge in [-0.05, 0) is 42.8 Å². The van der Waals surface area contributed by atoms with Crippen LogP contribution in [0.4, 0.5) is 11.4 Å². The van der Waals surface area contributed by atoms with Crippen molar-refractivity contribution in [2.24, 2.45) is 10.8 Å². The molecule has 0 fully saturated rings. The van der Waals surface area contributed by atoms with Crippen molar-refractivity contribution in [1.29, 1.82) is 10.7 Å². The summed E-state index contributed by atoms with van der Waals surface area (Å²) in [6.07, 6.45) is 0. The first kappa shape index (κ1) is 16.7. The molecule has 0 aliphatic heterocycles. The number of anilines is 2. The zero-order valence-electron chi connectivity index (χ0n) is 13.0. The highest BCUT2D eigenvalue weighted by atomic mass is 16.1. The van der Waals surface area contributed by atoms with Gasteiger partial charge in [0.1, 0.15) is 6.07 Å². The lowest BCUT2D eigenvalue weighted by atomic mass is 10.1. The summed E-state index contributed by atoms with van der Waals surface area (Å²) in [6.45, 7) is 1.94. The molecule has 0 aliphatic carbocycles. The standard InChI is InChI=1S/C17H16N6O/c1-11-4-2-6-13(8-11)21-17(24)12-5-3-7-14(9-12)22-23-15(10-18)16(19)20/h2-9,22H,1H3,(H3,19,20)(H,21,24)/b23-15+. The molecule has 0 spiro atoms. The molecule has 7 heteroatoms. The van der Waals surface area contributed by atoms with Crippen LogP contribution < -0.4 is 16.5 Å². The highest BCUT2D eigenvalue weighted by Crippen LogP contribution is 2.14. The Hall–Kier alpha value is -3.66. The molecule has 0 saturated heterocycles. The van der Waals surface area contributed by atoms with E-state index in [2.05, 4.69) is 15.8 Å². The number of benzene rings is 2. The van der Waals surface area contributed by atoms with E-state index in [1.54, 1.807) is 30.3 Å². The maximum Gasteiger partial charge on any atom is 0.255 e. The Morgan fingerprint density at radius 3 is 2.58 bits per heavy atom. The molecule has 0 aromatic heterocycles. The average Bonchev–Trinajstić information content (AvgIpc) is 2.55. The van der Waals surface area contributed by atoms with Crippen molar-refractivity contribution in [2.45, 2.75) is 6.92 Å². The molecule has 2 rings (SSSR count). The first-order valence-corrected chi connectivity index (χ1v) is 7.06. The van der Waals surface area contributed by atoms with Gasteiger partial charge in [0, 0.05) is 11.3 Å². The molecular weight excluding hydrogens is 304 g/mol. The van der Waals surface area contributed by atoms with Gasteiger partial charge < -0.3 is 11.1 Å². The minimum Gasteiger partial charge on any atom is -0.382 e. The Bertz CT molecular complexity index is 850. The molecule has 7 nitrogen and oxygen atoms in total.